The lowest BCUT2D eigenvalue weighted by Gasteiger charge is -2.05. The van der Waals surface area contributed by atoms with Gasteiger partial charge in [-0.2, -0.15) is 16.8 Å². The van der Waals surface area contributed by atoms with Crippen molar-refractivity contribution in [2.24, 2.45) is 0 Å². The standard InChI is InChI=1S/2C8H6O7S/c2*9-7(10)4-2-1-3-5(8(11)12)6(4)16(13,14)15/h2*1-3H,(H,9,10)(H,11,12)(H,13,14,15). The van der Waals surface area contributed by atoms with Crippen molar-refractivity contribution in [2.75, 3.05) is 0 Å². The topological polar surface area (TPSA) is 258 Å². The Morgan fingerprint density at radius 2 is 0.688 bits per heavy atom. The molecular formula is C16H12O14S2. The molecule has 6 N–H and O–H groups in total. The lowest BCUT2D eigenvalue weighted by Crippen LogP contribution is -2.14. The van der Waals surface area contributed by atoms with Crippen LogP contribution in [0.5, 0.6) is 0 Å². The summed E-state index contributed by atoms with van der Waals surface area (Å²) in [5.74, 6) is -6.57. The van der Waals surface area contributed by atoms with Gasteiger partial charge in [0.1, 0.15) is 9.79 Å². The first kappa shape index (κ1) is 26.2. The van der Waals surface area contributed by atoms with E-state index in [0.29, 0.717) is 0 Å². The molecule has 0 unspecified atom stereocenters. The first-order chi connectivity index (χ1) is 14.5. The van der Waals surface area contributed by atoms with Crippen molar-refractivity contribution in [1.82, 2.24) is 0 Å². The van der Waals surface area contributed by atoms with Crippen LogP contribution in [-0.2, 0) is 20.2 Å². The molecule has 0 radical (unpaired) electrons. The summed E-state index contributed by atoms with van der Waals surface area (Å²) >= 11 is 0. The molecule has 2 aromatic rings. The second kappa shape index (κ2) is 9.52. The van der Waals surface area contributed by atoms with Crippen molar-refractivity contribution in [3.63, 3.8) is 0 Å². The largest absolute Gasteiger partial charge is 0.478 e. The van der Waals surface area contributed by atoms with Gasteiger partial charge in [0.05, 0.1) is 22.3 Å². The van der Waals surface area contributed by atoms with Crippen molar-refractivity contribution in [3.05, 3.63) is 58.7 Å². The van der Waals surface area contributed by atoms with E-state index in [1.54, 1.807) is 0 Å². The minimum Gasteiger partial charge on any atom is -0.478 e. The number of benzene rings is 2. The molecule has 0 atom stereocenters. The highest BCUT2D eigenvalue weighted by Crippen LogP contribution is 2.22. The number of carboxylic acid groups (broad SMARTS) is 4. The van der Waals surface area contributed by atoms with Crippen LogP contribution in [0.25, 0.3) is 0 Å². The van der Waals surface area contributed by atoms with E-state index in [2.05, 4.69) is 0 Å². The molecular weight excluding hydrogens is 480 g/mol. The molecule has 0 aliphatic carbocycles. The summed E-state index contributed by atoms with van der Waals surface area (Å²) in [5, 5.41) is 34.7. The van der Waals surface area contributed by atoms with Gasteiger partial charge >= 0.3 is 23.9 Å². The molecule has 0 saturated heterocycles. The number of aromatic carboxylic acids is 4. The number of hydrogen-bond acceptors (Lipinski definition) is 8. The summed E-state index contributed by atoms with van der Waals surface area (Å²) in [7, 11) is -9.83. The molecule has 0 amide bonds. The average molecular weight is 492 g/mol. The molecule has 0 aliphatic rings. The van der Waals surface area contributed by atoms with Gasteiger partial charge in [-0.3, -0.25) is 9.11 Å². The highest BCUT2D eigenvalue weighted by atomic mass is 32.2. The number of hydrogen-bond donors (Lipinski definition) is 6. The van der Waals surface area contributed by atoms with E-state index in [1.165, 1.54) is 0 Å². The zero-order valence-electron chi connectivity index (χ0n) is 15.2. The monoisotopic (exact) mass is 492 g/mol. The van der Waals surface area contributed by atoms with Gasteiger partial charge in [-0.1, -0.05) is 12.1 Å². The first-order valence-electron chi connectivity index (χ1n) is 7.64. The van der Waals surface area contributed by atoms with Crippen LogP contribution in [0.2, 0.25) is 0 Å². The molecule has 16 heteroatoms. The SMILES string of the molecule is O=C(O)c1cccc(C(=O)O)c1S(=O)(=O)O.O=C(O)c1cccc(C(=O)O)c1S(=O)(=O)O. The van der Waals surface area contributed by atoms with Gasteiger partial charge in [-0.25, -0.2) is 19.2 Å². The Morgan fingerprint density at radius 3 is 0.812 bits per heavy atom. The average Bonchev–Trinajstić information content (AvgIpc) is 2.65. The molecule has 172 valence electrons. The normalized spacial score (nSPS) is 11.1. The van der Waals surface area contributed by atoms with E-state index in [1.807, 2.05) is 0 Å². The third kappa shape index (κ3) is 6.08. The second-order valence-electron chi connectivity index (χ2n) is 5.54. The maximum Gasteiger partial charge on any atom is 0.337 e. The molecule has 0 fully saturated rings. The fourth-order valence-electron chi connectivity index (χ4n) is 2.30. The minimum absolute atomic E-state index is 0.789. The Balaban J connectivity index is 0.000000320. The highest BCUT2D eigenvalue weighted by molar-refractivity contribution is 7.86. The summed E-state index contributed by atoms with van der Waals surface area (Å²) in [6, 6.07) is 5.69. The van der Waals surface area contributed by atoms with E-state index in [9.17, 15) is 36.0 Å². The van der Waals surface area contributed by atoms with Crippen LogP contribution in [0, 0.1) is 0 Å². The Kier molecular flexibility index (Phi) is 7.79. The zero-order valence-corrected chi connectivity index (χ0v) is 16.9. The lowest BCUT2D eigenvalue weighted by atomic mass is 10.1. The molecule has 14 nitrogen and oxygen atoms in total. The minimum atomic E-state index is -4.92. The van der Waals surface area contributed by atoms with E-state index < -0.39 is 76.2 Å². The predicted molar refractivity (Wildman–Crippen MR) is 100 cm³/mol. The van der Waals surface area contributed by atoms with Crippen molar-refractivity contribution >= 4 is 44.1 Å². The summed E-state index contributed by atoms with van der Waals surface area (Å²) in [6.07, 6.45) is 0. The molecule has 0 spiro atoms. The van der Waals surface area contributed by atoms with Crippen LogP contribution in [0.1, 0.15) is 41.4 Å². The van der Waals surface area contributed by atoms with Crippen LogP contribution in [0.4, 0.5) is 0 Å². The van der Waals surface area contributed by atoms with Crippen molar-refractivity contribution in [1.29, 1.82) is 0 Å². The van der Waals surface area contributed by atoms with Gasteiger partial charge in [0.15, 0.2) is 0 Å². The second-order valence-corrected chi connectivity index (χ2v) is 8.25. The molecule has 0 saturated carbocycles. The van der Waals surface area contributed by atoms with Crippen LogP contribution in [-0.4, -0.2) is 70.2 Å². The molecule has 0 aliphatic heterocycles. The molecule has 0 bridgehead atoms. The fraction of sp³-hybridized carbons (Fsp3) is 0. The summed E-state index contributed by atoms with van der Waals surface area (Å²) in [6.45, 7) is 0. The number of carboxylic acids is 4. The summed E-state index contributed by atoms with van der Waals surface area (Å²) in [4.78, 5) is 40.5. The van der Waals surface area contributed by atoms with E-state index in [4.69, 9.17) is 29.5 Å². The van der Waals surface area contributed by atoms with Crippen molar-refractivity contribution in [2.45, 2.75) is 9.79 Å². The fourth-order valence-corrected chi connectivity index (χ4v) is 4.04. The van der Waals surface area contributed by atoms with Crippen LogP contribution >= 0.6 is 0 Å². The molecule has 0 heterocycles. The highest BCUT2D eigenvalue weighted by Gasteiger charge is 2.28. The molecule has 2 rings (SSSR count). The first-order valence-corrected chi connectivity index (χ1v) is 10.5. The van der Waals surface area contributed by atoms with Crippen LogP contribution < -0.4 is 0 Å². The smallest absolute Gasteiger partial charge is 0.337 e. The molecule has 2 aromatic carbocycles. The van der Waals surface area contributed by atoms with Gasteiger partial charge in [0.2, 0.25) is 0 Å². The third-order valence-corrected chi connectivity index (χ3v) is 5.38. The van der Waals surface area contributed by atoms with Crippen molar-refractivity contribution < 1.29 is 65.5 Å². The lowest BCUT2D eigenvalue weighted by molar-refractivity contribution is 0.0668. The molecule has 0 aromatic heterocycles. The van der Waals surface area contributed by atoms with Crippen molar-refractivity contribution in [3.8, 4) is 0 Å². The molecule has 32 heavy (non-hydrogen) atoms. The summed E-state index contributed by atoms with van der Waals surface area (Å²) in [5.41, 5.74) is -3.16. The van der Waals surface area contributed by atoms with Gasteiger partial charge in [-0.05, 0) is 24.3 Å². The number of rotatable bonds is 6. The maximum atomic E-state index is 10.9. The van der Waals surface area contributed by atoms with Gasteiger partial charge in [0, 0.05) is 0 Å². The quantitative estimate of drug-likeness (QED) is 0.303. The Morgan fingerprint density at radius 1 is 0.500 bits per heavy atom. The van der Waals surface area contributed by atoms with Gasteiger partial charge in [-0.15, -0.1) is 0 Å². The van der Waals surface area contributed by atoms with E-state index >= 15 is 0 Å². The summed E-state index contributed by atoms with van der Waals surface area (Å²) < 4.78 is 61.2. The van der Waals surface area contributed by atoms with Gasteiger partial charge < -0.3 is 20.4 Å². The van der Waals surface area contributed by atoms with E-state index in [0.717, 1.165) is 36.4 Å². The third-order valence-electron chi connectivity index (χ3n) is 3.47. The Bertz CT molecular complexity index is 1150. The number of carbonyl (C=O) groups is 4. The van der Waals surface area contributed by atoms with Crippen LogP contribution in [0.3, 0.4) is 0 Å². The predicted octanol–water partition coefficient (Wildman–Crippen LogP) is 0.659. The Labute approximate surface area is 178 Å². The van der Waals surface area contributed by atoms with Gasteiger partial charge in [0.25, 0.3) is 20.2 Å². The maximum absolute atomic E-state index is 10.9. The Hall–Kier alpha value is -3.86. The zero-order chi connectivity index (χ0) is 25.0. The van der Waals surface area contributed by atoms with Crippen LogP contribution in [0.15, 0.2) is 46.2 Å². The van der Waals surface area contributed by atoms with E-state index in [-0.39, 0.29) is 0 Å².